The summed E-state index contributed by atoms with van der Waals surface area (Å²) in [6.07, 6.45) is 0. The lowest BCUT2D eigenvalue weighted by atomic mass is 10.1. The van der Waals surface area contributed by atoms with E-state index in [2.05, 4.69) is 10.3 Å². The summed E-state index contributed by atoms with van der Waals surface area (Å²) in [5, 5.41) is 10.1. The van der Waals surface area contributed by atoms with Crippen molar-refractivity contribution in [2.24, 2.45) is 0 Å². The molecule has 0 N–H and O–H groups in total. The normalized spacial score (nSPS) is 11.3. The van der Waals surface area contributed by atoms with Crippen LogP contribution in [0.25, 0.3) is 33.3 Å². The molecule has 0 amide bonds. The van der Waals surface area contributed by atoms with Crippen molar-refractivity contribution in [1.82, 2.24) is 10.3 Å². The fraction of sp³-hybridized carbons (Fsp3) is 0. The summed E-state index contributed by atoms with van der Waals surface area (Å²) in [7, 11) is 0. The van der Waals surface area contributed by atoms with Crippen molar-refractivity contribution in [2.75, 3.05) is 0 Å². The molecule has 86 valence electrons. The Kier molecular flexibility index (Phi) is 1.80. The molecule has 0 fully saturated rings. The van der Waals surface area contributed by atoms with Crippen LogP contribution in [-0.4, -0.2) is 10.3 Å². The minimum absolute atomic E-state index is 0.718. The molecule has 0 bridgehead atoms. The topological polar surface area (TPSA) is 52.1 Å². The van der Waals surface area contributed by atoms with Gasteiger partial charge in [-0.15, -0.1) is 0 Å². The smallest absolute Gasteiger partial charge is 0.167 e. The third kappa shape index (κ3) is 1.20. The molecule has 0 radical (unpaired) electrons. The van der Waals surface area contributed by atoms with E-state index in [0.717, 1.165) is 33.3 Å². The van der Waals surface area contributed by atoms with Gasteiger partial charge in [0, 0.05) is 0 Å². The van der Waals surface area contributed by atoms with E-state index in [9.17, 15) is 0 Å². The molecule has 0 saturated heterocycles. The van der Waals surface area contributed by atoms with Crippen molar-refractivity contribution >= 4 is 21.9 Å². The zero-order chi connectivity index (χ0) is 11.9. The maximum atomic E-state index is 5.29. The highest BCUT2D eigenvalue weighted by atomic mass is 16.5. The van der Waals surface area contributed by atoms with Gasteiger partial charge in [-0.1, -0.05) is 34.6 Å². The van der Waals surface area contributed by atoms with Crippen molar-refractivity contribution in [3.8, 4) is 11.4 Å². The number of hydrogen-bond donors (Lipinski definition) is 0. The molecule has 2 aromatic heterocycles. The molecule has 0 unspecified atom stereocenters. The number of hydrogen-bond acceptors (Lipinski definition) is 4. The number of nitrogens with zero attached hydrogens (tertiary/aromatic N) is 2. The zero-order valence-electron chi connectivity index (χ0n) is 9.33. The van der Waals surface area contributed by atoms with Gasteiger partial charge < -0.3 is 9.05 Å². The van der Waals surface area contributed by atoms with E-state index in [-0.39, 0.29) is 0 Å². The Morgan fingerprint density at radius 2 is 1.06 bits per heavy atom. The molecular weight excluding hydrogens is 228 g/mol. The maximum Gasteiger partial charge on any atom is 0.167 e. The minimum atomic E-state index is 0.718. The van der Waals surface area contributed by atoms with Gasteiger partial charge in [0.05, 0.1) is 10.8 Å². The van der Waals surface area contributed by atoms with Crippen molar-refractivity contribution in [2.45, 2.75) is 0 Å². The third-order valence-corrected chi connectivity index (χ3v) is 2.98. The molecule has 2 aromatic carbocycles. The first-order chi connectivity index (χ1) is 8.93. The van der Waals surface area contributed by atoms with E-state index in [4.69, 9.17) is 9.05 Å². The lowest BCUT2D eigenvalue weighted by Crippen LogP contribution is -1.78. The first-order valence-corrected chi connectivity index (χ1v) is 5.63. The van der Waals surface area contributed by atoms with Gasteiger partial charge in [0.15, 0.2) is 11.2 Å². The Morgan fingerprint density at radius 1 is 0.611 bits per heavy atom. The molecular formula is C14H8N2O2. The summed E-state index contributed by atoms with van der Waals surface area (Å²) in [6, 6.07) is 15.4. The SMILES string of the molecule is c1ccc2c(-c3noc4ccccc34)noc2c1. The standard InChI is InChI=1S/C14H8N2O2/c1-3-7-11-9(5-1)13(15-17-11)14-10-6-2-4-8-12(10)18-16-14/h1-8H. The lowest BCUT2D eigenvalue weighted by Gasteiger charge is -1.90. The Balaban J connectivity index is 2.08. The van der Waals surface area contributed by atoms with Crippen LogP contribution in [0.5, 0.6) is 0 Å². The molecule has 2 heterocycles. The van der Waals surface area contributed by atoms with E-state index < -0.39 is 0 Å². The van der Waals surface area contributed by atoms with Crippen LogP contribution in [0.15, 0.2) is 57.6 Å². The monoisotopic (exact) mass is 236 g/mol. The molecule has 0 spiro atoms. The van der Waals surface area contributed by atoms with Crippen LogP contribution in [-0.2, 0) is 0 Å². The minimum Gasteiger partial charge on any atom is -0.356 e. The summed E-state index contributed by atoms with van der Waals surface area (Å²) < 4.78 is 10.6. The van der Waals surface area contributed by atoms with Crippen molar-refractivity contribution in [3.05, 3.63) is 48.5 Å². The van der Waals surface area contributed by atoms with Gasteiger partial charge in [0.25, 0.3) is 0 Å². The van der Waals surface area contributed by atoms with Crippen molar-refractivity contribution < 1.29 is 9.05 Å². The second-order valence-electron chi connectivity index (χ2n) is 4.05. The highest BCUT2D eigenvalue weighted by Gasteiger charge is 2.16. The van der Waals surface area contributed by atoms with Crippen LogP contribution in [0.2, 0.25) is 0 Å². The van der Waals surface area contributed by atoms with Crippen LogP contribution in [0, 0.1) is 0 Å². The van der Waals surface area contributed by atoms with Gasteiger partial charge in [-0.2, -0.15) is 0 Å². The van der Waals surface area contributed by atoms with Gasteiger partial charge in [-0.05, 0) is 24.3 Å². The van der Waals surface area contributed by atoms with E-state index in [1.807, 2.05) is 48.5 Å². The average Bonchev–Trinajstić information content (AvgIpc) is 3.01. The Morgan fingerprint density at radius 3 is 1.56 bits per heavy atom. The van der Waals surface area contributed by atoms with Gasteiger partial charge >= 0.3 is 0 Å². The molecule has 0 aliphatic rings. The van der Waals surface area contributed by atoms with Crippen LogP contribution in [0.1, 0.15) is 0 Å². The quantitative estimate of drug-likeness (QED) is 0.506. The number of para-hydroxylation sites is 2. The first kappa shape index (κ1) is 9.41. The highest BCUT2D eigenvalue weighted by molar-refractivity contribution is 5.99. The van der Waals surface area contributed by atoms with Gasteiger partial charge in [0.1, 0.15) is 11.4 Å². The summed E-state index contributed by atoms with van der Waals surface area (Å²) in [5.74, 6) is 0. The van der Waals surface area contributed by atoms with Gasteiger partial charge in [-0.3, -0.25) is 0 Å². The predicted octanol–water partition coefficient (Wildman–Crippen LogP) is 3.64. The molecule has 0 aliphatic heterocycles. The molecule has 4 rings (SSSR count). The van der Waals surface area contributed by atoms with Gasteiger partial charge in [-0.25, -0.2) is 0 Å². The lowest BCUT2D eigenvalue weighted by molar-refractivity contribution is 0.448. The largest absolute Gasteiger partial charge is 0.356 e. The average molecular weight is 236 g/mol. The van der Waals surface area contributed by atoms with Crippen LogP contribution >= 0.6 is 0 Å². The Hall–Kier alpha value is -2.62. The summed E-state index contributed by atoms with van der Waals surface area (Å²) in [5.41, 5.74) is 2.94. The molecule has 0 aliphatic carbocycles. The molecule has 4 heteroatoms. The maximum absolute atomic E-state index is 5.29. The third-order valence-electron chi connectivity index (χ3n) is 2.98. The molecule has 0 atom stereocenters. The van der Waals surface area contributed by atoms with Crippen molar-refractivity contribution in [3.63, 3.8) is 0 Å². The molecule has 0 saturated carbocycles. The number of fused-ring (bicyclic) bond motifs is 2. The number of benzene rings is 2. The van der Waals surface area contributed by atoms with Crippen LogP contribution in [0.4, 0.5) is 0 Å². The molecule has 18 heavy (non-hydrogen) atoms. The van der Waals surface area contributed by atoms with Crippen LogP contribution < -0.4 is 0 Å². The van der Waals surface area contributed by atoms with E-state index in [1.54, 1.807) is 0 Å². The Bertz CT molecular complexity index is 773. The Labute approximate surface area is 102 Å². The van der Waals surface area contributed by atoms with Gasteiger partial charge in [0.2, 0.25) is 0 Å². The van der Waals surface area contributed by atoms with Crippen LogP contribution in [0.3, 0.4) is 0 Å². The fourth-order valence-electron chi connectivity index (χ4n) is 2.11. The highest BCUT2D eigenvalue weighted by Crippen LogP contribution is 2.31. The second kappa shape index (κ2) is 3.43. The fourth-order valence-corrected chi connectivity index (χ4v) is 2.11. The van der Waals surface area contributed by atoms with Crippen molar-refractivity contribution in [1.29, 1.82) is 0 Å². The molecule has 4 aromatic rings. The van der Waals surface area contributed by atoms with E-state index >= 15 is 0 Å². The number of aromatic nitrogens is 2. The predicted molar refractivity (Wildman–Crippen MR) is 67.0 cm³/mol. The summed E-state index contributed by atoms with van der Waals surface area (Å²) in [6.45, 7) is 0. The molecule has 4 nitrogen and oxygen atoms in total. The number of rotatable bonds is 1. The summed E-state index contributed by atoms with van der Waals surface area (Å²) >= 11 is 0. The second-order valence-corrected chi connectivity index (χ2v) is 4.05. The van der Waals surface area contributed by atoms with E-state index in [0.29, 0.717) is 0 Å². The van der Waals surface area contributed by atoms with E-state index in [1.165, 1.54) is 0 Å². The first-order valence-electron chi connectivity index (χ1n) is 5.63. The summed E-state index contributed by atoms with van der Waals surface area (Å²) in [4.78, 5) is 0. The zero-order valence-corrected chi connectivity index (χ0v) is 9.33.